The number of aromatic nitrogens is 1. The first-order chi connectivity index (χ1) is 7.58. The van der Waals surface area contributed by atoms with E-state index in [9.17, 15) is 4.79 Å². The lowest BCUT2D eigenvalue weighted by atomic mass is 9.99. The third-order valence-electron chi connectivity index (χ3n) is 2.99. The molecule has 1 amide bonds. The largest absolute Gasteiger partial charge is 0.353 e. The maximum atomic E-state index is 11.4. The Labute approximate surface area is 95.7 Å². The Morgan fingerprint density at radius 3 is 3.00 bits per heavy atom. The van der Waals surface area contributed by atoms with E-state index in [0.29, 0.717) is 13.1 Å². The first kappa shape index (κ1) is 11.1. The zero-order valence-electron chi connectivity index (χ0n) is 9.73. The molecule has 0 radical (unpaired) electrons. The van der Waals surface area contributed by atoms with Crippen LogP contribution in [-0.2, 0) is 11.3 Å². The molecule has 1 N–H and O–H groups in total. The number of hydrogen-bond acceptors (Lipinski definition) is 3. The first-order valence-corrected chi connectivity index (χ1v) is 5.49. The van der Waals surface area contributed by atoms with Crippen molar-refractivity contribution in [1.82, 2.24) is 15.2 Å². The van der Waals surface area contributed by atoms with Crippen LogP contribution < -0.4 is 5.32 Å². The molecule has 1 aromatic rings. The summed E-state index contributed by atoms with van der Waals surface area (Å²) >= 11 is 0. The van der Waals surface area contributed by atoms with Gasteiger partial charge in [0, 0.05) is 24.8 Å². The van der Waals surface area contributed by atoms with Gasteiger partial charge < -0.3 is 5.32 Å². The second-order valence-electron chi connectivity index (χ2n) is 4.77. The normalized spacial score (nSPS) is 20.5. The number of hydrogen-bond donors (Lipinski definition) is 1. The average Bonchev–Trinajstić information content (AvgIpc) is 2.26. The molecule has 16 heavy (non-hydrogen) atoms. The van der Waals surface area contributed by atoms with Crippen LogP contribution in [0, 0.1) is 0 Å². The summed E-state index contributed by atoms with van der Waals surface area (Å²) in [5.41, 5.74) is 0.996. The molecule has 0 aliphatic carbocycles. The maximum absolute atomic E-state index is 11.4. The summed E-state index contributed by atoms with van der Waals surface area (Å²) in [6.45, 7) is 6.13. The number of carbonyl (C=O) groups excluding carboxylic acids is 1. The fourth-order valence-electron chi connectivity index (χ4n) is 1.83. The molecule has 0 aromatic carbocycles. The number of nitrogens with one attached hydrogen (secondary N) is 1. The van der Waals surface area contributed by atoms with Crippen LogP contribution in [0.5, 0.6) is 0 Å². The Hall–Kier alpha value is -1.42. The highest BCUT2D eigenvalue weighted by molar-refractivity contribution is 5.79. The van der Waals surface area contributed by atoms with Gasteiger partial charge in [0.2, 0.25) is 5.91 Å². The van der Waals surface area contributed by atoms with E-state index in [4.69, 9.17) is 0 Å². The molecular weight excluding hydrogens is 202 g/mol. The second-order valence-corrected chi connectivity index (χ2v) is 4.77. The van der Waals surface area contributed by atoms with Gasteiger partial charge in [-0.1, -0.05) is 6.07 Å². The van der Waals surface area contributed by atoms with Crippen LogP contribution in [0.3, 0.4) is 0 Å². The van der Waals surface area contributed by atoms with Crippen LogP contribution in [0.15, 0.2) is 24.4 Å². The van der Waals surface area contributed by atoms with E-state index in [1.165, 1.54) is 0 Å². The quantitative estimate of drug-likeness (QED) is 0.800. The number of pyridine rings is 1. The highest BCUT2D eigenvalue weighted by Crippen LogP contribution is 2.18. The average molecular weight is 219 g/mol. The van der Waals surface area contributed by atoms with Gasteiger partial charge in [-0.05, 0) is 26.0 Å². The lowest BCUT2D eigenvalue weighted by molar-refractivity contribution is -0.128. The van der Waals surface area contributed by atoms with E-state index in [1.54, 1.807) is 6.20 Å². The molecule has 1 aliphatic rings. The second kappa shape index (κ2) is 4.22. The minimum absolute atomic E-state index is 0.00850. The third-order valence-corrected chi connectivity index (χ3v) is 2.99. The van der Waals surface area contributed by atoms with E-state index in [-0.39, 0.29) is 11.4 Å². The summed E-state index contributed by atoms with van der Waals surface area (Å²) in [7, 11) is 0. The maximum Gasteiger partial charge on any atom is 0.234 e. The number of carbonyl (C=O) groups is 1. The Bertz CT molecular complexity index is 375. The number of rotatable bonds is 2. The summed E-state index contributed by atoms with van der Waals surface area (Å²) in [5.74, 6) is 0.0928. The van der Waals surface area contributed by atoms with E-state index >= 15 is 0 Å². The first-order valence-electron chi connectivity index (χ1n) is 5.49. The molecule has 0 bridgehead atoms. The van der Waals surface area contributed by atoms with Gasteiger partial charge in [-0.3, -0.25) is 14.7 Å². The lowest BCUT2D eigenvalue weighted by Crippen LogP contribution is -2.59. The van der Waals surface area contributed by atoms with Crippen molar-refractivity contribution in [1.29, 1.82) is 0 Å². The molecule has 1 saturated heterocycles. The van der Waals surface area contributed by atoms with E-state index in [2.05, 4.69) is 29.0 Å². The molecule has 4 nitrogen and oxygen atoms in total. The minimum Gasteiger partial charge on any atom is -0.353 e. The lowest BCUT2D eigenvalue weighted by Gasteiger charge is -2.41. The van der Waals surface area contributed by atoms with E-state index in [1.807, 2.05) is 18.2 Å². The molecule has 0 saturated carbocycles. The van der Waals surface area contributed by atoms with Crippen molar-refractivity contribution in [3.05, 3.63) is 30.1 Å². The zero-order valence-corrected chi connectivity index (χ0v) is 9.73. The predicted molar refractivity (Wildman–Crippen MR) is 61.7 cm³/mol. The number of amides is 1. The summed E-state index contributed by atoms with van der Waals surface area (Å²) < 4.78 is 0. The third kappa shape index (κ3) is 2.39. The van der Waals surface area contributed by atoms with E-state index in [0.717, 1.165) is 12.2 Å². The zero-order chi connectivity index (χ0) is 11.6. The molecular formula is C12H17N3O. The smallest absolute Gasteiger partial charge is 0.234 e. The molecule has 2 heterocycles. The predicted octanol–water partition coefficient (Wildman–Crippen LogP) is 0.792. The Morgan fingerprint density at radius 1 is 1.50 bits per heavy atom. The van der Waals surface area contributed by atoms with Gasteiger partial charge in [-0.15, -0.1) is 0 Å². The van der Waals surface area contributed by atoms with Gasteiger partial charge in [0.15, 0.2) is 0 Å². The van der Waals surface area contributed by atoms with Crippen LogP contribution in [0.25, 0.3) is 0 Å². The molecule has 2 rings (SSSR count). The monoisotopic (exact) mass is 219 g/mol. The van der Waals surface area contributed by atoms with Crippen molar-refractivity contribution in [3.8, 4) is 0 Å². The standard InChI is InChI=1S/C12H17N3O/c1-12(2)9-14-11(16)8-15(12)7-10-5-3-4-6-13-10/h3-6H,7-9H2,1-2H3,(H,14,16). The number of piperazine rings is 1. The highest BCUT2D eigenvalue weighted by Gasteiger charge is 2.33. The van der Waals surface area contributed by atoms with Gasteiger partial charge in [-0.25, -0.2) is 0 Å². The van der Waals surface area contributed by atoms with Crippen molar-refractivity contribution in [2.45, 2.75) is 25.9 Å². The van der Waals surface area contributed by atoms with E-state index < -0.39 is 0 Å². The van der Waals surface area contributed by atoms with Crippen molar-refractivity contribution in [2.24, 2.45) is 0 Å². The SMILES string of the molecule is CC1(C)CNC(=O)CN1Cc1ccccn1. The molecule has 0 spiro atoms. The molecule has 1 fully saturated rings. The van der Waals surface area contributed by atoms with Crippen molar-refractivity contribution in [3.63, 3.8) is 0 Å². The fourth-order valence-corrected chi connectivity index (χ4v) is 1.83. The molecule has 1 aliphatic heterocycles. The van der Waals surface area contributed by atoms with Crippen molar-refractivity contribution >= 4 is 5.91 Å². The number of nitrogens with zero attached hydrogens (tertiary/aromatic N) is 2. The summed E-state index contributed by atoms with van der Waals surface area (Å²) in [5, 5.41) is 2.89. The minimum atomic E-state index is -0.00850. The molecule has 0 unspecified atom stereocenters. The fraction of sp³-hybridized carbons (Fsp3) is 0.500. The van der Waals surface area contributed by atoms with Gasteiger partial charge >= 0.3 is 0 Å². The Kier molecular flexibility index (Phi) is 2.92. The summed E-state index contributed by atoms with van der Waals surface area (Å²) in [4.78, 5) is 17.8. The van der Waals surface area contributed by atoms with Gasteiger partial charge in [0.1, 0.15) is 0 Å². The molecule has 1 aromatic heterocycles. The summed E-state index contributed by atoms with van der Waals surface area (Å²) in [6.07, 6.45) is 1.78. The van der Waals surface area contributed by atoms with Crippen LogP contribution in [0.2, 0.25) is 0 Å². The van der Waals surface area contributed by atoms with Crippen molar-refractivity contribution < 1.29 is 4.79 Å². The molecule has 86 valence electrons. The van der Waals surface area contributed by atoms with Crippen molar-refractivity contribution in [2.75, 3.05) is 13.1 Å². The van der Waals surface area contributed by atoms with Gasteiger partial charge in [0.05, 0.1) is 12.2 Å². The van der Waals surface area contributed by atoms with Crippen LogP contribution >= 0.6 is 0 Å². The molecule has 0 atom stereocenters. The van der Waals surface area contributed by atoms with Crippen LogP contribution in [-0.4, -0.2) is 34.4 Å². The van der Waals surface area contributed by atoms with Crippen LogP contribution in [0.1, 0.15) is 19.5 Å². The Morgan fingerprint density at radius 2 is 2.31 bits per heavy atom. The summed E-state index contributed by atoms with van der Waals surface area (Å²) in [6, 6.07) is 5.86. The molecule has 4 heteroatoms. The highest BCUT2D eigenvalue weighted by atomic mass is 16.2. The van der Waals surface area contributed by atoms with Gasteiger partial charge in [0.25, 0.3) is 0 Å². The topological polar surface area (TPSA) is 45.2 Å². The van der Waals surface area contributed by atoms with Gasteiger partial charge in [-0.2, -0.15) is 0 Å². The Balaban J connectivity index is 2.10. The van der Waals surface area contributed by atoms with Crippen LogP contribution in [0.4, 0.5) is 0 Å².